The van der Waals surface area contributed by atoms with E-state index in [1.807, 2.05) is 0 Å². The number of hydrogen-bond donors (Lipinski definition) is 2. The van der Waals surface area contributed by atoms with Gasteiger partial charge in [-0.25, -0.2) is 13.6 Å². The summed E-state index contributed by atoms with van der Waals surface area (Å²) < 4.78 is 35.3. The van der Waals surface area contributed by atoms with E-state index in [1.165, 1.54) is 27.8 Å². The van der Waals surface area contributed by atoms with Gasteiger partial charge in [0.1, 0.15) is 30.3 Å². The lowest BCUT2D eigenvalue weighted by Gasteiger charge is -2.32. The quantitative estimate of drug-likeness (QED) is 0.855. The Kier molecular flexibility index (Phi) is 3.87. The molecule has 1 aromatic carbocycles. The summed E-state index contributed by atoms with van der Waals surface area (Å²) in [5.74, 6) is -2.29. The second-order valence-corrected chi connectivity index (χ2v) is 6.26. The van der Waals surface area contributed by atoms with E-state index in [4.69, 9.17) is 4.74 Å². The molecule has 4 rings (SSSR count). The van der Waals surface area contributed by atoms with Gasteiger partial charge in [0.15, 0.2) is 11.6 Å². The van der Waals surface area contributed by atoms with Crippen LogP contribution in [-0.2, 0) is 0 Å². The molecule has 0 saturated heterocycles. The molecular weight excluding hydrogens is 362 g/mol. The smallest absolute Gasteiger partial charge is 0.341 e. The normalized spacial score (nSPS) is 18.4. The number of ether oxygens (including phenoxy) is 1. The predicted molar refractivity (Wildman–Crippen MR) is 92.8 cm³/mol. The minimum atomic E-state index is -1.48. The SMILES string of the molecule is O=C(O)c1cn2c3c(c(N4C=CC=C(O)C4)c(F)cc3c1=O)OCC2CF. The molecule has 0 aliphatic carbocycles. The summed E-state index contributed by atoms with van der Waals surface area (Å²) in [7, 11) is 0. The lowest BCUT2D eigenvalue weighted by atomic mass is 10.1. The monoisotopic (exact) mass is 376 g/mol. The number of carboxylic acids is 1. The summed E-state index contributed by atoms with van der Waals surface area (Å²) in [4.78, 5) is 25.3. The molecule has 2 N–H and O–H groups in total. The Balaban J connectivity index is 2.07. The van der Waals surface area contributed by atoms with Crippen molar-refractivity contribution >= 4 is 22.6 Å². The van der Waals surface area contributed by atoms with Crippen molar-refractivity contribution in [3.63, 3.8) is 0 Å². The molecule has 0 bridgehead atoms. The van der Waals surface area contributed by atoms with E-state index in [1.54, 1.807) is 0 Å². The summed E-state index contributed by atoms with van der Waals surface area (Å²) in [6.45, 7) is -1.02. The van der Waals surface area contributed by atoms with Crippen molar-refractivity contribution in [3.8, 4) is 5.75 Å². The molecule has 27 heavy (non-hydrogen) atoms. The van der Waals surface area contributed by atoms with Crippen molar-refractivity contribution in [2.24, 2.45) is 0 Å². The topological polar surface area (TPSA) is 92.0 Å². The maximum atomic E-state index is 14.9. The standard InChI is InChI=1S/C18H14F2N2O5/c19-5-9-8-27-17-14-11(16(24)12(18(25)26)7-22(9)14)4-13(20)15(17)21-3-1-2-10(23)6-21/h1-4,7,9,23H,5-6,8H2,(H,25,26). The Bertz CT molecular complexity index is 1090. The van der Waals surface area contributed by atoms with E-state index in [-0.39, 0.29) is 41.3 Å². The summed E-state index contributed by atoms with van der Waals surface area (Å²) in [6.07, 6.45) is 5.56. The van der Waals surface area contributed by atoms with Crippen molar-refractivity contribution in [1.82, 2.24) is 4.57 Å². The van der Waals surface area contributed by atoms with Crippen LogP contribution < -0.4 is 15.1 Å². The Labute approximate surface area is 151 Å². The highest BCUT2D eigenvalue weighted by Gasteiger charge is 2.31. The van der Waals surface area contributed by atoms with Crippen LogP contribution in [0.1, 0.15) is 16.4 Å². The number of aliphatic hydroxyl groups excluding tert-OH is 1. The number of aromatic nitrogens is 1. The van der Waals surface area contributed by atoms with Gasteiger partial charge in [-0.2, -0.15) is 0 Å². The van der Waals surface area contributed by atoms with E-state index >= 15 is 0 Å². The number of pyridine rings is 1. The van der Waals surface area contributed by atoms with E-state index in [0.29, 0.717) is 0 Å². The van der Waals surface area contributed by atoms with Gasteiger partial charge in [-0.15, -0.1) is 0 Å². The number of nitrogens with zero attached hydrogens (tertiary/aromatic N) is 2. The Morgan fingerprint density at radius 2 is 2.19 bits per heavy atom. The van der Waals surface area contributed by atoms with Crippen molar-refractivity contribution in [2.45, 2.75) is 6.04 Å². The van der Waals surface area contributed by atoms with Crippen molar-refractivity contribution in [2.75, 3.05) is 24.7 Å². The van der Waals surface area contributed by atoms with Gasteiger partial charge in [0.05, 0.1) is 23.5 Å². The molecule has 9 heteroatoms. The number of hydrogen-bond acceptors (Lipinski definition) is 5. The first kappa shape index (κ1) is 17.1. The van der Waals surface area contributed by atoms with Crippen LogP contribution >= 0.6 is 0 Å². The molecule has 0 radical (unpaired) electrons. The highest BCUT2D eigenvalue weighted by Crippen LogP contribution is 2.42. The molecule has 0 amide bonds. The Hall–Kier alpha value is -3.36. The van der Waals surface area contributed by atoms with E-state index in [9.17, 15) is 28.6 Å². The Morgan fingerprint density at radius 1 is 1.41 bits per heavy atom. The van der Waals surface area contributed by atoms with Crippen LogP contribution in [0.4, 0.5) is 14.5 Å². The molecule has 2 aliphatic rings. The van der Waals surface area contributed by atoms with Gasteiger partial charge < -0.3 is 24.4 Å². The molecule has 1 unspecified atom stereocenters. The van der Waals surface area contributed by atoms with Crippen LogP contribution in [0.25, 0.3) is 10.9 Å². The second kappa shape index (κ2) is 6.11. The van der Waals surface area contributed by atoms with Crippen molar-refractivity contribution < 1.29 is 28.5 Å². The number of aromatic carboxylic acids is 1. The molecule has 1 atom stereocenters. The number of carbonyl (C=O) groups is 1. The van der Waals surface area contributed by atoms with Gasteiger partial charge in [-0.3, -0.25) is 4.79 Å². The molecule has 1 aromatic heterocycles. The molecule has 2 aliphatic heterocycles. The first-order valence-electron chi connectivity index (χ1n) is 8.08. The molecule has 0 spiro atoms. The minimum absolute atomic E-state index is 0.000238. The van der Waals surface area contributed by atoms with Crippen LogP contribution in [0.3, 0.4) is 0 Å². The third-order valence-corrected chi connectivity index (χ3v) is 4.59. The average molecular weight is 376 g/mol. The zero-order valence-electron chi connectivity index (χ0n) is 13.9. The number of aliphatic hydroxyl groups is 1. The van der Waals surface area contributed by atoms with Crippen LogP contribution in [0.2, 0.25) is 0 Å². The van der Waals surface area contributed by atoms with E-state index in [2.05, 4.69) is 0 Å². The van der Waals surface area contributed by atoms with Gasteiger partial charge in [0.25, 0.3) is 0 Å². The number of alkyl halides is 1. The van der Waals surface area contributed by atoms with Crippen LogP contribution in [0.5, 0.6) is 5.75 Å². The van der Waals surface area contributed by atoms with Gasteiger partial charge in [0, 0.05) is 12.4 Å². The second-order valence-electron chi connectivity index (χ2n) is 6.26. The fourth-order valence-corrected chi connectivity index (χ4v) is 3.36. The van der Waals surface area contributed by atoms with Crippen molar-refractivity contribution in [3.05, 3.63) is 58.0 Å². The highest BCUT2D eigenvalue weighted by atomic mass is 19.1. The number of halogens is 2. The number of allylic oxidation sites excluding steroid dienone is 2. The van der Waals surface area contributed by atoms with Crippen molar-refractivity contribution in [1.29, 1.82) is 0 Å². The third-order valence-electron chi connectivity index (χ3n) is 4.59. The summed E-state index contributed by atoms with van der Waals surface area (Å²) in [5, 5.41) is 18.8. The van der Waals surface area contributed by atoms with Crippen LogP contribution in [0, 0.1) is 5.82 Å². The summed E-state index contributed by atoms with van der Waals surface area (Å²) >= 11 is 0. The van der Waals surface area contributed by atoms with Gasteiger partial charge in [-0.1, -0.05) is 0 Å². The fraction of sp³-hybridized carbons (Fsp3) is 0.222. The first-order chi connectivity index (χ1) is 12.9. The molecule has 140 valence electrons. The molecule has 2 aromatic rings. The highest BCUT2D eigenvalue weighted by molar-refractivity contribution is 5.97. The number of carboxylic acid groups (broad SMARTS) is 1. The number of benzene rings is 1. The van der Waals surface area contributed by atoms with Crippen LogP contribution in [-0.4, -0.2) is 40.6 Å². The number of rotatable bonds is 3. The maximum absolute atomic E-state index is 14.9. The largest absolute Gasteiger partial charge is 0.510 e. The molecular formula is C18H14F2N2O5. The lowest BCUT2D eigenvalue weighted by Crippen LogP contribution is -2.31. The summed E-state index contributed by atoms with van der Waals surface area (Å²) in [6, 6.07) is 0.0781. The molecule has 0 fully saturated rings. The first-order valence-corrected chi connectivity index (χ1v) is 8.08. The Morgan fingerprint density at radius 3 is 2.85 bits per heavy atom. The third kappa shape index (κ3) is 2.54. The molecule has 3 heterocycles. The lowest BCUT2D eigenvalue weighted by molar-refractivity contribution is 0.0694. The summed E-state index contributed by atoms with van der Waals surface area (Å²) in [5.41, 5.74) is -1.34. The van der Waals surface area contributed by atoms with E-state index in [0.717, 1.165) is 12.3 Å². The average Bonchev–Trinajstić information content (AvgIpc) is 2.63. The predicted octanol–water partition coefficient (Wildman–Crippen LogP) is 2.52. The van der Waals surface area contributed by atoms with Gasteiger partial charge in [0.2, 0.25) is 5.43 Å². The zero-order valence-corrected chi connectivity index (χ0v) is 13.9. The van der Waals surface area contributed by atoms with Gasteiger partial charge in [-0.05, 0) is 18.2 Å². The molecule has 7 nitrogen and oxygen atoms in total. The van der Waals surface area contributed by atoms with E-state index < -0.39 is 35.5 Å². The maximum Gasteiger partial charge on any atom is 0.341 e. The minimum Gasteiger partial charge on any atom is -0.510 e. The van der Waals surface area contributed by atoms with Crippen LogP contribution in [0.15, 0.2) is 41.2 Å². The molecule has 0 saturated carbocycles. The zero-order chi connectivity index (χ0) is 19.3. The number of anilines is 1. The van der Waals surface area contributed by atoms with Gasteiger partial charge >= 0.3 is 5.97 Å². The fourth-order valence-electron chi connectivity index (χ4n) is 3.36.